The summed E-state index contributed by atoms with van der Waals surface area (Å²) in [4.78, 5) is 23.6. The number of nitrogen functional groups attached to an aromatic ring is 1. The van der Waals surface area contributed by atoms with E-state index in [0.29, 0.717) is 35.6 Å². The van der Waals surface area contributed by atoms with Crippen molar-refractivity contribution in [1.82, 2.24) is 29.8 Å². The molecule has 3 aromatic rings. The Hall–Kier alpha value is -3.71. The Balaban J connectivity index is 1.64. The number of fused-ring (bicyclic) bond motifs is 1. The Morgan fingerprint density at radius 2 is 2.29 bits per heavy atom. The zero-order chi connectivity index (χ0) is 21.8. The van der Waals surface area contributed by atoms with Crippen LogP contribution in [0.3, 0.4) is 0 Å². The summed E-state index contributed by atoms with van der Waals surface area (Å²) in [6.07, 6.45) is 5.34. The molecule has 1 amide bonds. The molecule has 10 nitrogen and oxygen atoms in total. The second-order valence-electron chi connectivity index (χ2n) is 7.46. The van der Waals surface area contributed by atoms with Gasteiger partial charge in [-0.15, -0.1) is 0 Å². The molecule has 1 fully saturated rings. The molecule has 0 radical (unpaired) electrons. The van der Waals surface area contributed by atoms with E-state index in [2.05, 4.69) is 31.4 Å². The lowest BCUT2D eigenvalue weighted by molar-refractivity contribution is 0.0906. The van der Waals surface area contributed by atoms with Gasteiger partial charge in [-0.25, -0.2) is 14.5 Å². The maximum absolute atomic E-state index is 13.2. The van der Waals surface area contributed by atoms with Crippen LogP contribution in [-0.2, 0) is 0 Å². The molecule has 1 aliphatic heterocycles. The summed E-state index contributed by atoms with van der Waals surface area (Å²) in [5, 5.41) is 16.3. The molecule has 1 saturated heterocycles. The Labute approximate surface area is 179 Å². The van der Waals surface area contributed by atoms with Gasteiger partial charge in [0.25, 0.3) is 5.91 Å². The molecule has 0 aromatic carbocycles. The van der Waals surface area contributed by atoms with Crippen LogP contribution in [0.15, 0.2) is 30.7 Å². The fourth-order valence-electron chi connectivity index (χ4n) is 3.97. The molecule has 160 valence electrons. The molecule has 1 aliphatic rings. The van der Waals surface area contributed by atoms with Crippen molar-refractivity contribution >= 4 is 17.2 Å². The van der Waals surface area contributed by atoms with Crippen molar-refractivity contribution in [2.45, 2.75) is 25.3 Å². The van der Waals surface area contributed by atoms with Crippen LogP contribution >= 0.6 is 0 Å². The Morgan fingerprint density at radius 1 is 1.42 bits per heavy atom. The third-order valence-electron chi connectivity index (χ3n) is 5.45. The Kier molecular flexibility index (Phi) is 5.95. The lowest BCUT2D eigenvalue weighted by Crippen LogP contribution is -2.47. The second kappa shape index (κ2) is 8.97. The summed E-state index contributed by atoms with van der Waals surface area (Å²) in [5.74, 6) is 0.463. The molecule has 10 heteroatoms. The van der Waals surface area contributed by atoms with Gasteiger partial charge in [0, 0.05) is 43.4 Å². The first kappa shape index (κ1) is 20.6. The van der Waals surface area contributed by atoms with Gasteiger partial charge in [-0.2, -0.15) is 10.4 Å². The number of nitrogens with one attached hydrogen (secondary N) is 1. The molecule has 0 bridgehead atoms. The first-order valence-corrected chi connectivity index (χ1v) is 10.1. The van der Waals surface area contributed by atoms with E-state index in [9.17, 15) is 4.79 Å². The molecule has 4 heterocycles. The van der Waals surface area contributed by atoms with Crippen molar-refractivity contribution in [3.63, 3.8) is 0 Å². The molecule has 0 spiro atoms. The summed E-state index contributed by atoms with van der Waals surface area (Å²) in [7, 11) is 1.55. The van der Waals surface area contributed by atoms with Crippen molar-refractivity contribution < 1.29 is 9.53 Å². The van der Waals surface area contributed by atoms with E-state index in [-0.39, 0.29) is 17.8 Å². The number of rotatable bonds is 6. The fourth-order valence-corrected chi connectivity index (χ4v) is 3.97. The number of carbonyl (C=O) groups is 1. The fraction of sp³-hybridized carbons (Fsp3) is 0.381. The minimum Gasteiger partial charge on any atom is -0.481 e. The summed E-state index contributed by atoms with van der Waals surface area (Å²) >= 11 is 0. The maximum Gasteiger partial charge on any atom is 0.253 e. The van der Waals surface area contributed by atoms with Gasteiger partial charge in [0.1, 0.15) is 11.8 Å². The van der Waals surface area contributed by atoms with Gasteiger partial charge in [-0.05, 0) is 31.5 Å². The van der Waals surface area contributed by atoms with E-state index in [1.165, 1.54) is 6.33 Å². The minimum atomic E-state index is -0.224. The summed E-state index contributed by atoms with van der Waals surface area (Å²) in [6, 6.07) is 7.54. The van der Waals surface area contributed by atoms with E-state index in [0.717, 1.165) is 31.5 Å². The van der Waals surface area contributed by atoms with Crippen molar-refractivity contribution in [2.24, 2.45) is 0 Å². The highest BCUT2D eigenvalue weighted by molar-refractivity contribution is 6.05. The van der Waals surface area contributed by atoms with Gasteiger partial charge in [-0.3, -0.25) is 4.79 Å². The molecule has 31 heavy (non-hydrogen) atoms. The number of amides is 1. The average molecular weight is 420 g/mol. The van der Waals surface area contributed by atoms with Crippen LogP contribution in [0.1, 0.15) is 29.6 Å². The predicted molar refractivity (Wildman–Crippen MR) is 114 cm³/mol. The normalized spacial score (nSPS) is 16.7. The number of nitriles is 1. The van der Waals surface area contributed by atoms with Crippen LogP contribution < -0.4 is 15.8 Å². The number of piperidine rings is 1. The van der Waals surface area contributed by atoms with Crippen LogP contribution in [-0.4, -0.2) is 63.2 Å². The van der Waals surface area contributed by atoms with E-state index in [4.69, 9.17) is 15.7 Å². The maximum atomic E-state index is 13.2. The topological polar surface area (TPSA) is 134 Å². The molecule has 4 rings (SSSR count). The Bertz CT molecular complexity index is 1140. The van der Waals surface area contributed by atoms with Crippen LogP contribution in [0, 0.1) is 11.3 Å². The number of methoxy groups -OCH3 is 1. The number of ether oxygens (including phenoxy) is 1. The predicted octanol–water partition coefficient (Wildman–Crippen LogP) is 1.49. The van der Waals surface area contributed by atoms with Gasteiger partial charge in [0.2, 0.25) is 5.88 Å². The van der Waals surface area contributed by atoms with E-state index >= 15 is 0 Å². The number of nitrogens with zero attached hydrogens (tertiary/aromatic N) is 6. The van der Waals surface area contributed by atoms with Gasteiger partial charge < -0.3 is 20.7 Å². The lowest BCUT2D eigenvalue weighted by Gasteiger charge is -2.32. The zero-order valence-electron chi connectivity index (χ0n) is 17.3. The first-order chi connectivity index (χ1) is 15.1. The van der Waals surface area contributed by atoms with E-state index in [1.54, 1.807) is 30.0 Å². The van der Waals surface area contributed by atoms with Crippen LogP contribution in [0.5, 0.6) is 5.88 Å². The average Bonchev–Trinajstić information content (AvgIpc) is 3.19. The monoisotopic (exact) mass is 420 g/mol. The van der Waals surface area contributed by atoms with Gasteiger partial charge in [0.15, 0.2) is 5.82 Å². The summed E-state index contributed by atoms with van der Waals surface area (Å²) < 4.78 is 6.84. The number of hydrogen-bond acceptors (Lipinski definition) is 8. The van der Waals surface area contributed by atoms with Gasteiger partial charge in [0.05, 0.1) is 24.4 Å². The number of likely N-dealkylation sites (tertiary alicyclic amines) is 1. The smallest absolute Gasteiger partial charge is 0.253 e. The highest BCUT2D eigenvalue weighted by atomic mass is 16.5. The number of pyridine rings is 1. The third-order valence-corrected chi connectivity index (χ3v) is 5.45. The summed E-state index contributed by atoms with van der Waals surface area (Å²) in [5.41, 5.74) is 8.48. The molecule has 3 N–H and O–H groups in total. The molecule has 3 aromatic heterocycles. The summed E-state index contributed by atoms with van der Waals surface area (Å²) in [6.45, 7) is 2.38. The molecule has 0 unspecified atom stereocenters. The van der Waals surface area contributed by atoms with Gasteiger partial charge >= 0.3 is 0 Å². The largest absolute Gasteiger partial charge is 0.481 e. The SMILES string of the molecule is COc1cc(-c2cc(C(=O)N[C@@H]3CCCN(CCC#N)C3)c3c(N)ncnn23)ccn1. The standard InChI is InChI=1S/C21H24N8O2/c1-31-18-10-14(5-7-24-18)17-11-16(19-20(23)25-13-26-29(17)19)21(30)27-15-4-2-8-28(12-15)9-3-6-22/h5,7,10-11,13,15H,2-4,8-9,12H2,1H3,(H,27,30)(H2,23,25,26)/t15-/m1/s1. The van der Waals surface area contributed by atoms with E-state index < -0.39 is 0 Å². The molecular formula is C21H24N8O2. The van der Waals surface area contributed by atoms with Crippen LogP contribution in [0.25, 0.3) is 16.8 Å². The van der Waals surface area contributed by atoms with E-state index in [1.807, 2.05) is 6.07 Å². The molecular weight excluding hydrogens is 396 g/mol. The minimum absolute atomic E-state index is 0.00483. The second-order valence-corrected chi connectivity index (χ2v) is 7.46. The van der Waals surface area contributed by atoms with Crippen molar-refractivity contribution in [3.05, 3.63) is 36.3 Å². The molecule has 0 saturated carbocycles. The van der Waals surface area contributed by atoms with Crippen LogP contribution in [0.2, 0.25) is 0 Å². The Morgan fingerprint density at radius 3 is 3.10 bits per heavy atom. The van der Waals surface area contributed by atoms with Crippen molar-refractivity contribution in [1.29, 1.82) is 5.26 Å². The molecule has 0 aliphatic carbocycles. The lowest BCUT2D eigenvalue weighted by atomic mass is 10.0. The number of aromatic nitrogens is 4. The third kappa shape index (κ3) is 4.27. The number of hydrogen-bond donors (Lipinski definition) is 2. The molecule has 1 atom stereocenters. The van der Waals surface area contributed by atoms with Crippen molar-refractivity contribution in [2.75, 3.05) is 32.5 Å². The van der Waals surface area contributed by atoms with Crippen LogP contribution in [0.4, 0.5) is 5.82 Å². The highest BCUT2D eigenvalue weighted by Crippen LogP contribution is 2.29. The number of nitrogens with two attached hydrogens (primary N) is 1. The van der Waals surface area contributed by atoms with Crippen molar-refractivity contribution in [3.8, 4) is 23.2 Å². The first-order valence-electron chi connectivity index (χ1n) is 10.1. The highest BCUT2D eigenvalue weighted by Gasteiger charge is 2.25. The number of carbonyl (C=O) groups excluding carboxylic acids is 1. The zero-order valence-corrected chi connectivity index (χ0v) is 17.3. The quantitative estimate of drug-likeness (QED) is 0.612. The van der Waals surface area contributed by atoms with Gasteiger partial charge in [-0.1, -0.05) is 0 Å². The number of anilines is 1.